The van der Waals surface area contributed by atoms with Crippen LogP contribution in [0.15, 0.2) is 12.3 Å². The number of carbonyl (C=O) groups excluding carboxylic acids is 1. The molecule has 0 unspecified atom stereocenters. The molecule has 0 aromatic carbocycles. The van der Waals surface area contributed by atoms with E-state index < -0.39 is 5.97 Å². The van der Waals surface area contributed by atoms with E-state index in [0.717, 1.165) is 5.56 Å². The van der Waals surface area contributed by atoms with Gasteiger partial charge in [0.2, 0.25) is 5.91 Å². The highest BCUT2D eigenvalue weighted by atomic mass is 16.4. The van der Waals surface area contributed by atoms with Crippen molar-refractivity contribution in [1.29, 1.82) is 0 Å². The van der Waals surface area contributed by atoms with Crippen LogP contribution in [0.4, 0.5) is 5.82 Å². The van der Waals surface area contributed by atoms with Crippen LogP contribution in [0.1, 0.15) is 36.7 Å². The summed E-state index contributed by atoms with van der Waals surface area (Å²) in [4.78, 5) is 26.3. The van der Waals surface area contributed by atoms with E-state index >= 15 is 0 Å². The molecule has 0 radical (unpaired) electrons. The van der Waals surface area contributed by atoms with E-state index in [9.17, 15) is 9.59 Å². The molecule has 0 aliphatic heterocycles. The first-order valence-electron chi connectivity index (χ1n) is 5.48. The zero-order valence-electron chi connectivity index (χ0n) is 10.2. The summed E-state index contributed by atoms with van der Waals surface area (Å²) >= 11 is 0. The SMILES string of the molecule is CCc1cc(C(=O)O)cnc1NC(=O)C(C)C. The van der Waals surface area contributed by atoms with Gasteiger partial charge in [-0.3, -0.25) is 4.79 Å². The van der Waals surface area contributed by atoms with Gasteiger partial charge in [-0.1, -0.05) is 20.8 Å². The fraction of sp³-hybridized carbons (Fsp3) is 0.417. The number of pyridine rings is 1. The highest BCUT2D eigenvalue weighted by Crippen LogP contribution is 2.15. The molecule has 0 saturated carbocycles. The van der Waals surface area contributed by atoms with Gasteiger partial charge in [-0.2, -0.15) is 0 Å². The number of nitrogens with zero attached hydrogens (tertiary/aromatic N) is 1. The van der Waals surface area contributed by atoms with Crippen LogP contribution in [0.25, 0.3) is 0 Å². The van der Waals surface area contributed by atoms with Gasteiger partial charge in [-0.15, -0.1) is 0 Å². The fourth-order valence-electron chi connectivity index (χ4n) is 1.27. The standard InChI is InChI=1S/C12H16N2O3/c1-4-8-5-9(12(16)17)6-13-10(8)14-11(15)7(2)3/h5-7H,4H2,1-3H3,(H,16,17)(H,13,14,15). The first-order chi connectivity index (χ1) is 7.95. The molecule has 1 aromatic rings. The van der Waals surface area contributed by atoms with Crippen molar-refractivity contribution >= 4 is 17.7 Å². The largest absolute Gasteiger partial charge is 0.478 e. The maximum atomic E-state index is 11.5. The van der Waals surface area contributed by atoms with Gasteiger partial charge in [0.05, 0.1) is 5.56 Å². The second kappa shape index (κ2) is 5.43. The Morgan fingerprint density at radius 2 is 2.12 bits per heavy atom. The minimum Gasteiger partial charge on any atom is -0.478 e. The third-order valence-electron chi connectivity index (χ3n) is 2.36. The Kier molecular flexibility index (Phi) is 4.20. The van der Waals surface area contributed by atoms with Crippen molar-refractivity contribution in [2.45, 2.75) is 27.2 Å². The summed E-state index contributed by atoms with van der Waals surface area (Å²) in [6.07, 6.45) is 1.86. The molecule has 0 atom stereocenters. The van der Waals surface area contributed by atoms with Crippen molar-refractivity contribution in [1.82, 2.24) is 4.98 Å². The lowest BCUT2D eigenvalue weighted by atomic mass is 10.1. The van der Waals surface area contributed by atoms with Crippen molar-refractivity contribution in [3.8, 4) is 0 Å². The van der Waals surface area contributed by atoms with E-state index in [-0.39, 0.29) is 17.4 Å². The van der Waals surface area contributed by atoms with E-state index in [2.05, 4.69) is 10.3 Å². The third-order valence-corrected chi connectivity index (χ3v) is 2.36. The number of amides is 1. The first kappa shape index (κ1) is 13.2. The average Bonchev–Trinajstić information content (AvgIpc) is 2.28. The van der Waals surface area contributed by atoms with E-state index in [0.29, 0.717) is 12.2 Å². The number of rotatable bonds is 4. The van der Waals surface area contributed by atoms with Crippen LogP contribution in [0.3, 0.4) is 0 Å². The number of nitrogens with one attached hydrogen (secondary N) is 1. The molecule has 5 nitrogen and oxygen atoms in total. The predicted molar refractivity (Wildman–Crippen MR) is 64.0 cm³/mol. The highest BCUT2D eigenvalue weighted by Gasteiger charge is 2.13. The number of hydrogen-bond acceptors (Lipinski definition) is 3. The molecule has 0 aliphatic carbocycles. The van der Waals surface area contributed by atoms with Crippen LogP contribution < -0.4 is 5.32 Å². The van der Waals surface area contributed by atoms with Crippen molar-refractivity contribution in [3.05, 3.63) is 23.4 Å². The Morgan fingerprint density at radius 3 is 2.59 bits per heavy atom. The Labute approximate surface area is 99.9 Å². The molecule has 2 N–H and O–H groups in total. The fourth-order valence-corrected chi connectivity index (χ4v) is 1.27. The summed E-state index contributed by atoms with van der Waals surface area (Å²) in [7, 11) is 0. The van der Waals surface area contributed by atoms with E-state index in [4.69, 9.17) is 5.11 Å². The summed E-state index contributed by atoms with van der Waals surface area (Å²) < 4.78 is 0. The first-order valence-corrected chi connectivity index (χ1v) is 5.48. The van der Waals surface area contributed by atoms with Gasteiger partial charge in [0.25, 0.3) is 0 Å². The summed E-state index contributed by atoms with van der Waals surface area (Å²) in [6.45, 7) is 5.45. The number of carboxylic acids is 1. The number of aromatic carboxylic acids is 1. The number of carboxylic acid groups (broad SMARTS) is 1. The number of aromatic nitrogens is 1. The number of carbonyl (C=O) groups is 2. The Hall–Kier alpha value is -1.91. The maximum Gasteiger partial charge on any atom is 0.337 e. The Bertz CT molecular complexity index is 441. The van der Waals surface area contributed by atoms with Crippen LogP contribution >= 0.6 is 0 Å². The molecule has 1 aromatic heterocycles. The lowest BCUT2D eigenvalue weighted by molar-refractivity contribution is -0.118. The molecule has 0 fully saturated rings. The van der Waals surface area contributed by atoms with Gasteiger partial charge in [-0.25, -0.2) is 9.78 Å². The molecule has 0 bridgehead atoms. The van der Waals surface area contributed by atoms with Crippen molar-refractivity contribution in [3.63, 3.8) is 0 Å². The Morgan fingerprint density at radius 1 is 1.47 bits per heavy atom. The quantitative estimate of drug-likeness (QED) is 0.837. The minimum atomic E-state index is -1.02. The van der Waals surface area contributed by atoms with Crippen LogP contribution in [-0.4, -0.2) is 22.0 Å². The molecule has 1 heterocycles. The van der Waals surface area contributed by atoms with Crippen LogP contribution in [0.5, 0.6) is 0 Å². The lowest BCUT2D eigenvalue weighted by Crippen LogP contribution is -2.19. The van der Waals surface area contributed by atoms with Gasteiger partial charge in [0, 0.05) is 12.1 Å². The number of aryl methyl sites for hydroxylation is 1. The molecule has 1 amide bonds. The second-order valence-corrected chi connectivity index (χ2v) is 4.03. The molecular weight excluding hydrogens is 220 g/mol. The predicted octanol–water partition coefficient (Wildman–Crippen LogP) is 1.94. The van der Waals surface area contributed by atoms with Gasteiger partial charge in [0.15, 0.2) is 0 Å². The summed E-state index contributed by atoms with van der Waals surface area (Å²) in [5.74, 6) is -0.846. The molecule has 5 heteroatoms. The van der Waals surface area contributed by atoms with Gasteiger partial charge < -0.3 is 10.4 Å². The van der Waals surface area contributed by atoms with Gasteiger partial charge in [0.1, 0.15) is 5.82 Å². The molecular formula is C12H16N2O3. The van der Waals surface area contributed by atoms with E-state index in [1.807, 2.05) is 6.92 Å². The molecule has 0 saturated heterocycles. The molecule has 17 heavy (non-hydrogen) atoms. The van der Waals surface area contributed by atoms with Crippen LogP contribution in [-0.2, 0) is 11.2 Å². The monoisotopic (exact) mass is 236 g/mol. The topological polar surface area (TPSA) is 79.3 Å². The highest BCUT2D eigenvalue weighted by molar-refractivity contribution is 5.93. The zero-order chi connectivity index (χ0) is 13.0. The van der Waals surface area contributed by atoms with Crippen molar-refractivity contribution in [2.75, 3.05) is 5.32 Å². The second-order valence-electron chi connectivity index (χ2n) is 4.03. The number of hydrogen-bond donors (Lipinski definition) is 2. The lowest BCUT2D eigenvalue weighted by Gasteiger charge is -2.11. The van der Waals surface area contributed by atoms with Crippen LogP contribution in [0.2, 0.25) is 0 Å². The smallest absolute Gasteiger partial charge is 0.337 e. The summed E-state index contributed by atoms with van der Waals surface area (Å²) in [5.41, 5.74) is 0.850. The van der Waals surface area contributed by atoms with E-state index in [1.165, 1.54) is 12.3 Å². The van der Waals surface area contributed by atoms with Gasteiger partial charge >= 0.3 is 5.97 Å². The summed E-state index contributed by atoms with van der Waals surface area (Å²) in [6, 6.07) is 1.53. The molecule has 92 valence electrons. The van der Waals surface area contributed by atoms with Crippen molar-refractivity contribution < 1.29 is 14.7 Å². The van der Waals surface area contributed by atoms with E-state index in [1.54, 1.807) is 13.8 Å². The zero-order valence-corrected chi connectivity index (χ0v) is 10.2. The van der Waals surface area contributed by atoms with Crippen LogP contribution in [0, 0.1) is 5.92 Å². The maximum absolute atomic E-state index is 11.5. The van der Waals surface area contributed by atoms with Gasteiger partial charge in [-0.05, 0) is 18.1 Å². The normalized spacial score (nSPS) is 10.4. The minimum absolute atomic E-state index is 0.129. The molecule has 0 aliphatic rings. The number of anilines is 1. The average molecular weight is 236 g/mol. The Balaban J connectivity index is 3.01. The molecule has 0 spiro atoms. The molecule has 1 rings (SSSR count). The van der Waals surface area contributed by atoms with Crippen molar-refractivity contribution in [2.24, 2.45) is 5.92 Å². The summed E-state index contributed by atoms with van der Waals surface area (Å²) in [5, 5.41) is 11.5. The third kappa shape index (κ3) is 3.27.